The molecule has 0 radical (unpaired) electrons. The number of hydrogen-bond acceptors (Lipinski definition) is 1. The van der Waals surface area contributed by atoms with Crippen molar-refractivity contribution < 1.29 is 4.39 Å². The van der Waals surface area contributed by atoms with Gasteiger partial charge in [-0.15, -0.1) is 0 Å². The van der Waals surface area contributed by atoms with Gasteiger partial charge in [-0.05, 0) is 42.8 Å². The summed E-state index contributed by atoms with van der Waals surface area (Å²) in [4.78, 5) is 0. The fourth-order valence-electron chi connectivity index (χ4n) is 2.49. The Hall–Kier alpha value is -1.13. The van der Waals surface area contributed by atoms with E-state index in [0.717, 1.165) is 4.47 Å². The van der Waals surface area contributed by atoms with E-state index >= 15 is 0 Å². The highest BCUT2D eigenvalue weighted by atomic mass is 79.9. The summed E-state index contributed by atoms with van der Waals surface area (Å²) in [5.74, 6) is 0.343. The second-order valence-electron chi connectivity index (χ2n) is 5.36. The Morgan fingerprint density at radius 3 is 2.70 bits per heavy atom. The molecule has 0 fully saturated rings. The molecule has 1 aromatic carbocycles. The maximum Gasteiger partial charge on any atom is 0.128 e. The summed E-state index contributed by atoms with van der Waals surface area (Å²) in [6.45, 7) is 4.92. The van der Waals surface area contributed by atoms with Crippen molar-refractivity contribution in [1.82, 2.24) is 9.88 Å². The number of hydrogen-bond donors (Lipinski definition) is 1. The van der Waals surface area contributed by atoms with Crippen LogP contribution < -0.4 is 5.32 Å². The Bertz CT molecular complexity index is 578. The van der Waals surface area contributed by atoms with Gasteiger partial charge < -0.3 is 9.88 Å². The van der Waals surface area contributed by atoms with Crippen molar-refractivity contribution in [2.75, 3.05) is 7.05 Å². The molecule has 0 bridgehead atoms. The molecule has 1 atom stereocenters. The smallest absolute Gasteiger partial charge is 0.128 e. The molecule has 2 rings (SSSR count). The minimum Gasteiger partial charge on any atom is -0.349 e. The zero-order valence-corrected chi connectivity index (χ0v) is 13.6. The maximum absolute atomic E-state index is 13.8. The Kier molecular flexibility index (Phi) is 5.00. The van der Waals surface area contributed by atoms with Gasteiger partial charge in [0.2, 0.25) is 0 Å². The van der Waals surface area contributed by atoms with E-state index in [1.54, 1.807) is 6.07 Å². The van der Waals surface area contributed by atoms with Crippen molar-refractivity contribution in [3.8, 4) is 0 Å². The molecular formula is C16H20BrFN2. The first-order valence-electron chi connectivity index (χ1n) is 6.78. The summed E-state index contributed by atoms with van der Waals surface area (Å²) in [7, 11) is 1.97. The van der Waals surface area contributed by atoms with Crippen molar-refractivity contribution in [2.24, 2.45) is 5.92 Å². The van der Waals surface area contributed by atoms with Gasteiger partial charge in [-0.25, -0.2) is 4.39 Å². The molecule has 1 heterocycles. The normalized spacial score (nSPS) is 12.9. The average molecular weight is 339 g/mol. The molecule has 1 unspecified atom stereocenters. The number of rotatable bonds is 5. The van der Waals surface area contributed by atoms with Gasteiger partial charge >= 0.3 is 0 Å². The van der Waals surface area contributed by atoms with E-state index in [0.29, 0.717) is 24.1 Å². The lowest BCUT2D eigenvalue weighted by atomic mass is 9.99. The topological polar surface area (TPSA) is 17.0 Å². The molecule has 1 N–H and O–H groups in total. The van der Waals surface area contributed by atoms with Crippen LogP contribution in [-0.4, -0.2) is 11.6 Å². The van der Waals surface area contributed by atoms with Crippen LogP contribution in [0.25, 0.3) is 0 Å². The molecular weight excluding hydrogens is 319 g/mol. The van der Waals surface area contributed by atoms with Crippen LogP contribution in [0.15, 0.2) is 41.1 Å². The van der Waals surface area contributed by atoms with E-state index in [1.807, 2.05) is 23.9 Å². The number of aromatic nitrogens is 1. The lowest BCUT2D eigenvalue weighted by Crippen LogP contribution is -2.21. The average Bonchev–Trinajstić information content (AvgIpc) is 2.82. The van der Waals surface area contributed by atoms with Crippen LogP contribution in [0.4, 0.5) is 4.39 Å². The molecule has 0 saturated carbocycles. The number of halogens is 2. The second-order valence-corrected chi connectivity index (χ2v) is 6.28. The molecule has 0 saturated heterocycles. The Balaban J connectivity index is 2.19. The fraction of sp³-hybridized carbons (Fsp3) is 0.375. The molecule has 0 aliphatic heterocycles. The van der Waals surface area contributed by atoms with Crippen molar-refractivity contribution in [3.05, 3.63) is 58.1 Å². The zero-order chi connectivity index (χ0) is 14.7. The van der Waals surface area contributed by atoms with Crippen LogP contribution in [0, 0.1) is 11.7 Å². The first-order valence-corrected chi connectivity index (χ1v) is 7.57. The van der Waals surface area contributed by atoms with Crippen LogP contribution in [0.1, 0.15) is 31.0 Å². The van der Waals surface area contributed by atoms with Gasteiger partial charge in [-0.1, -0.05) is 29.8 Å². The van der Waals surface area contributed by atoms with Gasteiger partial charge in [0.25, 0.3) is 0 Å². The van der Waals surface area contributed by atoms with Crippen molar-refractivity contribution in [1.29, 1.82) is 0 Å². The number of nitrogens with zero attached hydrogens (tertiary/aromatic N) is 1. The fourth-order valence-corrected chi connectivity index (χ4v) is 2.90. The van der Waals surface area contributed by atoms with Crippen molar-refractivity contribution in [2.45, 2.75) is 26.4 Å². The predicted octanol–water partition coefficient (Wildman–Crippen LogP) is 4.35. The third-order valence-electron chi connectivity index (χ3n) is 3.47. The van der Waals surface area contributed by atoms with Crippen molar-refractivity contribution in [3.63, 3.8) is 0 Å². The number of benzene rings is 1. The van der Waals surface area contributed by atoms with Gasteiger partial charge in [0.15, 0.2) is 0 Å². The first kappa shape index (κ1) is 15.3. The van der Waals surface area contributed by atoms with E-state index in [9.17, 15) is 4.39 Å². The Labute approximate surface area is 128 Å². The summed E-state index contributed by atoms with van der Waals surface area (Å²) in [6.07, 6.45) is 4.09. The van der Waals surface area contributed by atoms with Crippen LogP contribution in [-0.2, 0) is 6.54 Å². The molecule has 108 valence electrons. The molecule has 20 heavy (non-hydrogen) atoms. The second kappa shape index (κ2) is 6.55. The first-order chi connectivity index (χ1) is 9.51. The molecule has 1 aromatic heterocycles. The number of nitrogens with one attached hydrogen (secondary N) is 1. The minimum atomic E-state index is -0.169. The Morgan fingerprint density at radius 2 is 2.05 bits per heavy atom. The highest BCUT2D eigenvalue weighted by Gasteiger charge is 2.14. The largest absolute Gasteiger partial charge is 0.349 e. The van der Waals surface area contributed by atoms with Crippen LogP contribution in [0.3, 0.4) is 0 Å². The van der Waals surface area contributed by atoms with E-state index in [-0.39, 0.29) is 5.82 Å². The SMILES string of the molecule is CNC(c1ccn(Cc2cc(Br)ccc2F)c1)C(C)C. The molecule has 0 aliphatic rings. The third kappa shape index (κ3) is 3.49. The van der Waals surface area contributed by atoms with Gasteiger partial charge in [-0.2, -0.15) is 0 Å². The molecule has 2 nitrogen and oxygen atoms in total. The van der Waals surface area contributed by atoms with Gasteiger partial charge in [0.05, 0.1) is 0 Å². The van der Waals surface area contributed by atoms with Crippen LogP contribution in [0.5, 0.6) is 0 Å². The molecule has 4 heteroatoms. The van der Waals surface area contributed by atoms with Crippen molar-refractivity contribution >= 4 is 15.9 Å². The Morgan fingerprint density at radius 1 is 1.30 bits per heavy atom. The monoisotopic (exact) mass is 338 g/mol. The van der Waals surface area contributed by atoms with Gasteiger partial charge in [-0.3, -0.25) is 0 Å². The molecule has 0 amide bonds. The minimum absolute atomic E-state index is 0.169. The highest BCUT2D eigenvalue weighted by molar-refractivity contribution is 9.10. The quantitative estimate of drug-likeness (QED) is 0.857. The van der Waals surface area contributed by atoms with E-state index in [4.69, 9.17) is 0 Å². The van der Waals surface area contributed by atoms with E-state index < -0.39 is 0 Å². The molecule has 0 spiro atoms. The zero-order valence-electron chi connectivity index (χ0n) is 12.0. The summed E-state index contributed by atoms with van der Waals surface area (Å²) in [5, 5.41) is 3.32. The standard InChI is InChI=1S/C16H20BrFN2/c1-11(2)16(19-3)12-6-7-20(9-12)10-13-8-14(17)4-5-15(13)18/h4-9,11,16,19H,10H2,1-3H3. The summed E-state index contributed by atoms with van der Waals surface area (Å²) >= 11 is 3.38. The van der Waals surface area contributed by atoms with E-state index in [2.05, 4.69) is 47.4 Å². The summed E-state index contributed by atoms with van der Waals surface area (Å²) in [6, 6.07) is 7.46. The van der Waals surface area contributed by atoms with Gasteiger partial charge in [0.1, 0.15) is 5.82 Å². The summed E-state index contributed by atoms with van der Waals surface area (Å²) in [5.41, 5.74) is 1.92. The highest BCUT2D eigenvalue weighted by Crippen LogP contribution is 2.22. The maximum atomic E-state index is 13.8. The summed E-state index contributed by atoms with van der Waals surface area (Å²) < 4.78 is 16.7. The molecule has 0 aliphatic carbocycles. The molecule has 2 aromatic rings. The van der Waals surface area contributed by atoms with E-state index in [1.165, 1.54) is 11.6 Å². The third-order valence-corrected chi connectivity index (χ3v) is 3.96. The lowest BCUT2D eigenvalue weighted by molar-refractivity contribution is 0.442. The van der Waals surface area contributed by atoms with Crippen LogP contribution in [0.2, 0.25) is 0 Å². The predicted molar refractivity (Wildman–Crippen MR) is 84.3 cm³/mol. The van der Waals surface area contributed by atoms with Gasteiger partial charge in [0, 0.05) is 35.0 Å². The lowest BCUT2D eigenvalue weighted by Gasteiger charge is -2.18. The van der Waals surface area contributed by atoms with Crippen LogP contribution >= 0.6 is 15.9 Å².